The van der Waals surface area contributed by atoms with Crippen LogP contribution in [0.15, 0.2) is 30.5 Å². The van der Waals surface area contributed by atoms with Crippen LogP contribution in [-0.4, -0.2) is 16.1 Å². The molecule has 0 atom stereocenters. The highest BCUT2D eigenvalue weighted by molar-refractivity contribution is 6.33. The third kappa shape index (κ3) is 3.17. The first-order chi connectivity index (χ1) is 8.95. The molecule has 0 bridgehead atoms. The molecule has 0 unspecified atom stereocenters. The van der Waals surface area contributed by atoms with E-state index in [4.69, 9.17) is 21.4 Å². The van der Waals surface area contributed by atoms with Crippen molar-refractivity contribution >= 4 is 17.6 Å². The molecule has 0 aliphatic carbocycles. The fourth-order valence-electron chi connectivity index (χ4n) is 1.35. The lowest BCUT2D eigenvalue weighted by atomic mass is 10.2. The third-order valence-corrected chi connectivity index (χ3v) is 2.42. The van der Waals surface area contributed by atoms with Gasteiger partial charge in [0.1, 0.15) is 17.4 Å². The Kier molecular flexibility index (Phi) is 3.62. The van der Waals surface area contributed by atoms with E-state index in [0.29, 0.717) is 6.07 Å². The molecule has 0 amide bonds. The van der Waals surface area contributed by atoms with Crippen molar-refractivity contribution in [3.8, 4) is 11.6 Å². The minimum atomic E-state index is -1.26. The second kappa shape index (κ2) is 5.19. The summed E-state index contributed by atoms with van der Waals surface area (Å²) in [5.74, 6) is -3.16. The second-order valence-corrected chi connectivity index (χ2v) is 3.92. The zero-order chi connectivity index (χ0) is 14.0. The topological polar surface area (TPSA) is 59.4 Å². The van der Waals surface area contributed by atoms with E-state index in [2.05, 4.69) is 4.98 Å². The first-order valence-corrected chi connectivity index (χ1v) is 5.36. The molecule has 0 aliphatic rings. The van der Waals surface area contributed by atoms with Gasteiger partial charge in [0.15, 0.2) is 0 Å². The smallest absolute Gasteiger partial charge is 0.337 e. The predicted molar refractivity (Wildman–Crippen MR) is 62.6 cm³/mol. The lowest BCUT2D eigenvalue weighted by molar-refractivity contribution is 0.0696. The molecule has 0 saturated carbocycles. The molecule has 1 heterocycles. The Hall–Kier alpha value is -2.21. The Labute approximate surface area is 111 Å². The van der Waals surface area contributed by atoms with E-state index in [-0.39, 0.29) is 22.2 Å². The molecule has 0 saturated heterocycles. The molecule has 98 valence electrons. The molecule has 2 rings (SSSR count). The van der Waals surface area contributed by atoms with Gasteiger partial charge in [-0.05, 0) is 0 Å². The van der Waals surface area contributed by atoms with Crippen molar-refractivity contribution in [1.82, 2.24) is 4.98 Å². The van der Waals surface area contributed by atoms with E-state index in [1.54, 1.807) is 0 Å². The van der Waals surface area contributed by atoms with Crippen LogP contribution in [0.3, 0.4) is 0 Å². The zero-order valence-corrected chi connectivity index (χ0v) is 9.99. The number of ether oxygens (including phenoxy) is 1. The lowest BCUT2D eigenvalue weighted by Gasteiger charge is -2.06. The van der Waals surface area contributed by atoms with Crippen molar-refractivity contribution in [2.45, 2.75) is 0 Å². The molecule has 0 fully saturated rings. The normalized spacial score (nSPS) is 10.3. The number of carbonyl (C=O) groups is 1. The third-order valence-electron chi connectivity index (χ3n) is 2.12. The fourth-order valence-corrected chi connectivity index (χ4v) is 1.53. The summed E-state index contributed by atoms with van der Waals surface area (Å²) in [6, 6.07) is 3.64. The van der Waals surface area contributed by atoms with Crippen LogP contribution in [0.1, 0.15) is 10.4 Å². The van der Waals surface area contributed by atoms with Gasteiger partial charge in [-0.25, -0.2) is 18.6 Å². The van der Waals surface area contributed by atoms with Gasteiger partial charge in [0, 0.05) is 24.3 Å². The molecule has 0 radical (unpaired) electrons. The Morgan fingerprint density at radius 3 is 2.42 bits per heavy atom. The lowest BCUT2D eigenvalue weighted by Crippen LogP contribution is -1.99. The first-order valence-electron chi connectivity index (χ1n) is 4.98. The van der Waals surface area contributed by atoms with Crippen LogP contribution in [0.4, 0.5) is 8.78 Å². The van der Waals surface area contributed by atoms with Gasteiger partial charge in [-0.15, -0.1) is 0 Å². The molecule has 1 N–H and O–H groups in total. The molecule has 2 aromatic rings. The summed E-state index contributed by atoms with van der Waals surface area (Å²) in [7, 11) is 0. The number of benzene rings is 1. The Balaban J connectivity index is 2.33. The average Bonchev–Trinajstić information content (AvgIpc) is 2.30. The van der Waals surface area contributed by atoms with Gasteiger partial charge in [0.25, 0.3) is 0 Å². The van der Waals surface area contributed by atoms with Crippen LogP contribution in [0.2, 0.25) is 5.02 Å². The number of pyridine rings is 1. The van der Waals surface area contributed by atoms with Gasteiger partial charge in [-0.2, -0.15) is 0 Å². The molecular weight excluding hydrogens is 280 g/mol. The Morgan fingerprint density at radius 2 is 1.84 bits per heavy atom. The highest BCUT2D eigenvalue weighted by Gasteiger charge is 2.12. The van der Waals surface area contributed by atoms with Gasteiger partial charge in [-0.3, -0.25) is 0 Å². The second-order valence-electron chi connectivity index (χ2n) is 3.51. The number of aromatic carboxylic acids is 1. The summed E-state index contributed by atoms with van der Waals surface area (Å²) in [5.41, 5.74) is -0.219. The zero-order valence-electron chi connectivity index (χ0n) is 9.23. The predicted octanol–water partition coefficient (Wildman–Crippen LogP) is 3.50. The maximum absolute atomic E-state index is 12.9. The Morgan fingerprint density at radius 1 is 1.21 bits per heavy atom. The number of hydrogen-bond acceptors (Lipinski definition) is 3. The van der Waals surface area contributed by atoms with Gasteiger partial charge in [-0.1, -0.05) is 11.6 Å². The Bertz CT molecular complexity index is 629. The summed E-state index contributed by atoms with van der Waals surface area (Å²) in [6.07, 6.45) is 1.08. The van der Waals surface area contributed by atoms with Crippen molar-refractivity contribution in [3.05, 3.63) is 52.7 Å². The van der Waals surface area contributed by atoms with Gasteiger partial charge < -0.3 is 9.84 Å². The summed E-state index contributed by atoms with van der Waals surface area (Å²) in [4.78, 5) is 14.6. The van der Waals surface area contributed by atoms with E-state index >= 15 is 0 Å². The van der Waals surface area contributed by atoms with Crippen LogP contribution < -0.4 is 4.74 Å². The molecule has 4 nitrogen and oxygen atoms in total. The molecule has 0 aliphatic heterocycles. The van der Waals surface area contributed by atoms with Crippen molar-refractivity contribution in [2.24, 2.45) is 0 Å². The van der Waals surface area contributed by atoms with Crippen LogP contribution in [0.25, 0.3) is 0 Å². The molecule has 1 aromatic heterocycles. The van der Waals surface area contributed by atoms with E-state index in [1.807, 2.05) is 0 Å². The monoisotopic (exact) mass is 285 g/mol. The highest BCUT2D eigenvalue weighted by atomic mass is 35.5. The minimum absolute atomic E-state index is 0.0646. The van der Waals surface area contributed by atoms with Crippen molar-refractivity contribution in [1.29, 1.82) is 0 Å². The van der Waals surface area contributed by atoms with E-state index in [9.17, 15) is 13.6 Å². The number of aromatic nitrogens is 1. The van der Waals surface area contributed by atoms with Crippen molar-refractivity contribution < 1.29 is 23.4 Å². The number of nitrogens with zero attached hydrogens (tertiary/aromatic N) is 1. The molecule has 19 heavy (non-hydrogen) atoms. The number of carboxylic acids is 1. The standard InChI is InChI=1S/C12H6ClF2NO3/c13-10-5-16-11(4-9(10)12(17)18)19-8-2-6(14)1-7(15)3-8/h1-5H,(H,17,18). The summed E-state index contributed by atoms with van der Waals surface area (Å²) < 4.78 is 31.0. The molecular formula is C12H6ClF2NO3. The fraction of sp³-hybridized carbons (Fsp3) is 0. The number of rotatable bonds is 3. The van der Waals surface area contributed by atoms with Crippen molar-refractivity contribution in [3.63, 3.8) is 0 Å². The minimum Gasteiger partial charge on any atom is -0.478 e. The maximum atomic E-state index is 12.9. The van der Waals surface area contributed by atoms with Gasteiger partial charge in [0.05, 0.1) is 16.8 Å². The van der Waals surface area contributed by atoms with Gasteiger partial charge >= 0.3 is 5.97 Å². The average molecular weight is 286 g/mol. The molecule has 0 spiro atoms. The highest BCUT2D eigenvalue weighted by Crippen LogP contribution is 2.25. The SMILES string of the molecule is O=C(O)c1cc(Oc2cc(F)cc(F)c2)ncc1Cl. The van der Waals surface area contributed by atoms with E-state index in [1.165, 1.54) is 0 Å². The van der Waals surface area contributed by atoms with E-state index < -0.39 is 17.6 Å². The van der Waals surface area contributed by atoms with Crippen LogP contribution >= 0.6 is 11.6 Å². The van der Waals surface area contributed by atoms with Crippen LogP contribution in [0.5, 0.6) is 11.6 Å². The van der Waals surface area contributed by atoms with E-state index in [0.717, 1.165) is 24.4 Å². The number of carboxylic acid groups (broad SMARTS) is 1. The number of halogens is 3. The van der Waals surface area contributed by atoms with Crippen LogP contribution in [-0.2, 0) is 0 Å². The largest absolute Gasteiger partial charge is 0.478 e. The maximum Gasteiger partial charge on any atom is 0.337 e. The summed E-state index contributed by atoms with van der Waals surface area (Å²) in [5, 5.41) is 8.79. The van der Waals surface area contributed by atoms with Gasteiger partial charge in [0.2, 0.25) is 5.88 Å². The quantitative estimate of drug-likeness (QED) is 0.937. The number of hydrogen-bond donors (Lipinski definition) is 1. The van der Waals surface area contributed by atoms with Crippen LogP contribution in [0, 0.1) is 11.6 Å². The van der Waals surface area contributed by atoms with Crippen molar-refractivity contribution in [2.75, 3.05) is 0 Å². The molecule has 1 aromatic carbocycles. The first kappa shape index (κ1) is 13.2. The molecule has 7 heteroatoms. The summed E-state index contributed by atoms with van der Waals surface area (Å²) in [6.45, 7) is 0. The summed E-state index contributed by atoms with van der Waals surface area (Å²) >= 11 is 5.63.